The number of hydrogen-bond acceptors (Lipinski definition) is 4. The summed E-state index contributed by atoms with van der Waals surface area (Å²) in [4.78, 5) is 16.6. The van der Waals surface area contributed by atoms with E-state index in [9.17, 15) is 14.3 Å². The van der Waals surface area contributed by atoms with Crippen molar-refractivity contribution in [2.45, 2.75) is 26.1 Å². The zero-order valence-electron chi connectivity index (χ0n) is 13.6. The summed E-state index contributed by atoms with van der Waals surface area (Å²) in [5.74, 6) is -0.144. The van der Waals surface area contributed by atoms with Gasteiger partial charge in [-0.2, -0.15) is 0 Å². The maximum Gasteiger partial charge on any atom is 0.268 e. The van der Waals surface area contributed by atoms with Crippen LogP contribution in [0.2, 0.25) is 0 Å². The number of nitrogens with zero attached hydrogens (tertiary/aromatic N) is 3. The molecule has 0 aromatic carbocycles. The molecule has 1 aromatic rings. The van der Waals surface area contributed by atoms with E-state index in [0.29, 0.717) is 23.3 Å². The highest BCUT2D eigenvalue weighted by atomic mass is 19.1. The first-order valence-corrected chi connectivity index (χ1v) is 7.55. The zero-order valence-corrected chi connectivity index (χ0v) is 13.6. The number of halogens is 1. The average molecular weight is 319 g/mol. The highest BCUT2D eigenvalue weighted by Crippen LogP contribution is 2.23. The first kappa shape index (κ1) is 17.3. The second-order valence-corrected chi connectivity index (χ2v) is 5.76. The van der Waals surface area contributed by atoms with Crippen LogP contribution in [0.3, 0.4) is 0 Å². The third-order valence-corrected chi connectivity index (χ3v) is 3.77. The van der Waals surface area contributed by atoms with Gasteiger partial charge in [-0.1, -0.05) is 6.08 Å². The number of rotatable bonds is 6. The van der Waals surface area contributed by atoms with Gasteiger partial charge in [0.05, 0.1) is 6.61 Å². The Bertz CT molecular complexity index is 614. The summed E-state index contributed by atoms with van der Waals surface area (Å²) in [5, 5.41) is 12.7. The summed E-state index contributed by atoms with van der Waals surface area (Å²) in [6, 6.07) is 3.26. The molecule has 0 saturated carbocycles. The molecule has 0 unspecified atom stereocenters. The molecule has 1 heterocycles. The number of hydrazine groups is 1. The van der Waals surface area contributed by atoms with E-state index >= 15 is 0 Å². The van der Waals surface area contributed by atoms with E-state index in [0.717, 1.165) is 0 Å². The van der Waals surface area contributed by atoms with Crippen LogP contribution in [0.1, 0.15) is 24.2 Å². The van der Waals surface area contributed by atoms with Crippen molar-refractivity contribution in [3.05, 3.63) is 53.4 Å². The lowest BCUT2D eigenvalue weighted by molar-refractivity contribution is -0.00624. The minimum absolute atomic E-state index is 0.0644. The number of carbonyl (C=O) groups is 1. The van der Waals surface area contributed by atoms with Crippen molar-refractivity contribution in [3.63, 3.8) is 0 Å². The largest absolute Gasteiger partial charge is 0.392 e. The Morgan fingerprint density at radius 2 is 2.04 bits per heavy atom. The van der Waals surface area contributed by atoms with Gasteiger partial charge in [-0.15, -0.1) is 0 Å². The number of aromatic nitrogens is 1. The molecule has 0 aliphatic heterocycles. The zero-order chi connectivity index (χ0) is 17.0. The van der Waals surface area contributed by atoms with Gasteiger partial charge in [0.1, 0.15) is 6.17 Å². The van der Waals surface area contributed by atoms with Crippen LogP contribution in [0, 0.1) is 0 Å². The molecule has 124 valence electrons. The summed E-state index contributed by atoms with van der Waals surface area (Å²) in [6.07, 6.45) is 4.99. The monoisotopic (exact) mass is 319 g/mol. The fourth-order valence-electron chi connectivity index (χ4n) is 2.68. The third kappa shape index (κ3) is 3.83. The molecule has 0 spiro atoms. The van der Waals surface area contributed by atoms with E-state index < -0.39 is 6.17 Å². The minimum Gasteiger partial charge on any atom is -0.392 e. The molecular formula is C17H22FN3O2. The predicted octanol–water partition coefficient (Wildman–Crippen LogP) is 1.98. The number of hydrogen-bond donors (Lipinski definition) is 1. The van der Waals surface area contributed by atoms with Crippen molar-refractivity contribution in [1.82, 2.24) is 15.0 Å². The van der Waals surface area contributed by atoms with Gasteiger partial charge in [-0.25, -0.2) is 9.40 Å². The smallest absolute Gasteiger partial charge is 0.268 e. The maximum atomic E-state index is 13.7. The Hall–Kier alpha value is -2.05. The maximum absolute atomic E-state index is 13.7. The molecule has 6 heteroatoms. The van der Waals surface area contributed by atoms with Gasteiger partial charge in [-0.05, 0) is 43.2 Å². The molecule has 5 nitrogen and oxygen atoms in total. The van der Waals surface area contributed by atoms with Crippen molar-refractivity contribution >= 4 is 5.91 Å². The van der Waals surface area contributed by atoms with Crippen LogP contribution in [-0.2, 0) is 0 Å². The first-order chi connectivity index (χ1) is 11.0. The highest BCUT2D eigenvalue weighted by Gasteiger charge is 2.26. The Labute approximate surface area is 135 Å². The summed E-state index contributed by atoms with van der Waals surface area (Å²) in [5.41, 5.74) is 1.61. The van der Waals surface area contributed by atoms with Crippen molar-refractivity contribution in [1.29, 1.82) is 0 Å². The van der Waals surface area contributed by atoms with E-state index in [-0.39, 0.29) is 18.6 Å². The molecule has 2 rings (SSSR count). The number of likely N-dealkylation sites (N-methyl/N-ethyl adjacent to an activating group) is 1. The summed E-state index contributed by atoms with van der Waals surface area (Å²) < 4.78 is 13.7. The quantitative estimate of drug-likeness (QED) is 0.815. The molecule has 1 aliphatic carbocycles. The molecule has 1 aliphatic rings. The van der Waals surface area contributed by atoms with E-state index in [2.05, 4.69) is 4.98 Å². The van der Waals surface area contributed by atoms with Gasteiger partial charge in [0.25, 0.3) is 5.91 Å². The summed E-state index contributed by atoms with van der Waals surface area (Å²) in [7, 11) is 1.78. The molecule has 1 aromatic heterocycles. The SMILES string of the molecule is CC(C)N(C(=O)c1ccncc1)N(C)CC1=C(CO)[C@@H](F)C=C1. The lowest BCUT2D eigenvalue weighted by Gasteiger charge is -2.35. The van der Waals surface area contributed by atoms with Gasteiger partial charge in [-0.3, -0.25) is 14.8 Å². The molecule has 0 bridgehead atoms. The van der Waals surface area contributed by atoms with Crippen LogP contribution in [-0.4, -0.2) is 58.4 Å². The predicted molar refractivity (Wildman–Crippen MR) is 86.3 cm³/mol. The van der Waals surface area contributed by atoms with E-state index in [4.69, 9.17) is 0 Å². The Morgan fingerprint density at radius 3 is 2.61 bits per heavy atom. The van der Waals surface area contributed by atoms with Crippen molar-refractivity contribution in [3.8, 4) is 0 Å². The number of aliphatic hydroxyl groups excluding tert-OH is 1. The van der Waals surface area contributed by atoms with Crippen LogP contribution >= 0.6 is 0 Å². The van der Waals surface area contributed by atoms with Gasteiger partial charge >= 0.3 is 0 Å². The Balaban J connectivity index is 2.20. The highest BCUT2D eigenvalue weighted by molar-refractivity contribution is 5.93. The third-order valence-electron chi connectivity index (χ3n) is 3.77. The minimum atomic E-state index is -1.24. The number of pyridine rings is 1. The summed E-state index contributed by atoms with van der Waals surface area (Å²) in [6.45, 7) is 3.86. The average Bonchev–Trinajstić information content (AvgIpc) is 2.87. The molecule has 0 radical (unpaired) electrons. The number of aliphatic hydroxyl groups is 1. The fraction of sp³-hybridized carbons (Fsp3) is 0.412. The number of amides is 1. The van der Waals surface area contributed by atoms with Crippen LogP contribution in [0.25, 0.3) is 0 Å². The van der Waals surface area contributed by atoms with E-state index in [1.807, 2.05) is 13.8 Å². The molecule has 0 saturated heterocycles. The Morgan fingerprint density at radius 1 is 1.39 bits per heavy atom. The fourth-order valence-corrected chi connectivity index (χ4v) is 2.68. The molecule has 1 N–H and O–H groups in total. The van der Waals surface area contributed by atoms with E-state index in [1.165, 1.54) is 6.08 Å². The number of carbonyl (C=O) groups excluding carboxylic acids is 1. The van der Waals surface area contributed by atoms with E-state index in [1.54, 1.807) is 47.7 Å². The lowest BCUT2D eigenvalue weighted by atomic mass is 10.1. The van der Waals surface area contributed by atoms with Gasteiger partial charge in [0, 0.05) is 37.6 Å². The normalized spacial score (nSPS) is 17.4. The van der Waals surface area contributed by atoms with Crippen molar-refractivity contribution < 1.29 is 14.3 Å². The second kappa shape index (κ2) is 7.48. The van der Waals surface area contributed by atoms with Crippen LogP contribution in [0.15, 0.2) is 47.8 Å². The lowest BCUT2D eigenvalue weighted by Crippen LogP contribution is -2.49. The number of alkyl halides is 1. The Kier molecular flexibility index (Phi) is 5.63. The number of allylic oxidation sites excluding steroid dienone is 1. The first-order valence-electron chi connectivity index (χ1n) is 7.55. The molecule has 0 fully saturated rings. The van der Waals surface area contributed by atoms with Crippen molar-refractivity contribution in [2.75, 3.05) is 20.2 Å². The second-order valence-electron chi connectivity index (χ2n) is 5.76. The standard InChI is InChI=1S/C17H22FN3O2/c1-12(2)21(17(23)13-6-8-19-9-7-13)20(3)10-14-4-5-16(18)15(14)11-22/h4-9,12,16,22H,10-11H2,1-3H3/t16-/m0/s1. The van der Waals surface area contributed by atoms with Gasteiger partial charge in [0.2, 0.25) is 0 Å². The molecular weight excluding hydrogens is 297 g/mol. The molecule has 1 amide bonds. The van der Waals surface area contributed by atoms with Gasteiger partial charge in [0.15, 0.2) is 0 Å². The van der Waals surface area contributed by atoms with Crippen LogP contribution in [0.5, 0.6) is 0 Å². The van der Waals surface area contributed by atoms with Crippen LogP contribution in [0.4, 0.5) is 4.39 Å². The topological polar surface area (TPSA) is 56.7 Å². The van der Waals surface area contributed by atoms with Crippen molar-refractivity contribution in [2.24, 2.45) is 0 Å². The van der Waals surface area contributed by atoms with Crippen LogP contribution < -0.4 is 0 Å². The van der Waals surface area contributed by atoms with Gasteiger partial charge < -0.3 is 5.11 Å². The molecule has 1 atom stereocenters. The summed E-state index contributed by atoms with van der Waals surface area (Å²) >= 11 is 0. The molecule has 23 heavy (non-hydrogen) atoms.